The van der Waals surface area contributed by atoms with Crippen molar-refractivity contribution < 1.29 is 4.39 Å². The molecule has 0 spiro atoms. The van der Waals surface area contributed by atoms with Crippen molar-refractivity contribution in [3.8, 4) is 0 Å². The second kappa shape index (κ2) is 6.41. The molecule has 1 nitrogen and oxygen atoms in total. The molecule has 1 aromatic rings. The molecule has 0 aromatic heterocycles. The molecule has 94 valence electrons. The summed E-state index contributed by atoms with van der Waals surface area (Å²) in [5, 5.41) is 0.734. The SMILES string of the molecule is NCc1ccc(CSC2CCCCC2)c(F)c1. The van der Waals surface area contributed by atoms with Gasteiger partial charge in [-0.25, -0.2) is 4.39 Å². The molecule has 0 heterocycles. The summed E-state index contributed by atoms with van der Waals surface area (Å²) in [5.74, 6) is 0.692. The highest BCUT2D eigenvalue weighted by Gasteiger charge is 2.14. The minimum Gasteiger partial charge on any atom is -0.326 e. The van der Waals surface area contributed by atoms with Gasteiger partial charge in [0, 0.05) is 17.5 Å². The molecule has 0 atom stereocenters. The zero-order valence-corrected chi connectivity index (χ0v) is 10.9. The van der Waals surface area contributed by atoms with Gasteiger partial charge in [-0.3, -0.25) is 0 Å². The van der Waals surface area contributed by atoms with E-state index >= 15 is 0 Å². The van der Waals surface area contributed by atoms with Crippen molar-refractivity contribution in [3.63, 3.8) is 0 Å². The molecule has 0 bridgehead atoms. The third kappa shape index (κ3) is 3.71. The van der Waals surface area contributed by atoms with E-state index < -0.39 is 0 Å². The van der Waals surface area contributed by atoms with Gasteiger partial charge in [0.05, 0.1) is 0 Å². The van der Waals surface area contributed by atoms with E-state index in [-0.39, 0.29) is 5.82 Å². The van der Waals surface area contributed by atoms with Crippen molar-refractivity contribution in [2.45, 2.75) is 49.7 Å². The molecule has 2 N–H and O–H groups in total. The lowest BCUT2D eigenvalue weighted by Crippen LogP contribution is -2.08. The number of halogens is 1. The minimum atomic E-state index is -0.101. The van der Waals surface area contributed by atoms with Crippen LogP contribution in [0.2, 0.25) is 0 Å². The molecule has 0 aliphatic heterocycles. The zero-order valence-electron chi connectivity index (χ0n) is 10.1. The van der Waals surface area contributed by atoms with Crippen LogP contribution < -0.4 is 5.73 Å². The second-order valence-electron chi connectivity index (χ2n) is 4.70. The maximum Gasteiger partial charge on any atom is 0.127 e. The molecular formula is C14H20FNS. The summed E-state index contributed by atoms with van der Waals surface area (Å²) in [6.07, 6.45) is 6.65. The van der Waals surface area contributed by atoms with Crippen molar-refractivity contribution >= 4 is 11.8 Å². The lowest BCUT2D eigenvalue weighted by molar-refractivity contribution is 0.516. The van der Waals surface area contributed by atoms with Crippen LogP contribution in [-0.4, -0.2) is 5.25 Å². The number of hydrogen-bond acceptors (Lipinski definition) is 2. The van der Waals surface area contributed by atoms with E-state index in [0.717, 1.165) is 22.1 Å². The molecule has 1 aliphatic rings. The largest absolute Gasteiger partial charge is 0.326 e. The molecule has 1 fully saturated rings. The van der Waals surface area contributed by atoms with Gasteiger partial charge in [0.25, 0.3) is 0 Å². The minimum absolute atomic E-state index is 0.101. The van der Waals surface area contributed by atoms with Gasteiger partial charge in [-0.1, -0.05) is 31.4 Å². The molecule has 0 radical (unpaired) electrons. The number of thioether (sulfide) groups is 1. The van der Waals surface area contributed by atoms with Crippen LogP contribution in [0.5, 0.6) is 0 Å². The number of nitrogens with two attached hydrogens (primary N) is 1. The summed E-state index contributed by atoms with van der Waals surface area (Å²) in [6, 6.07) is 5.38. The Hall–Kier alpha value is -0.540. The van der Waals surface area contributed by atoms with Crippen LogP contribution in [-0.2, 0) is 12.3 Å². The normalized spacial score (nSPS) is 17.3. The van der Waals surface area contributed by atoms with Gasteiger partial charge in [-0.2, -0.15) is 11.8 Å². The zero-order chi connectivity index (χ0) is 12.1. The Kier molecular flexibility index (Phi) is 4.86. The van der Waals surface area contributed by atoms with E-state index in [4.69, 9.17) is 5.73 Å². The summed E-state index contributed by atoms with van der Waals surface area (Å²) in [4.78, 5) is 0. The highest BCUT2D eigenvalue weighted by atomic mass is 32.2. The lowest BCUT2D eigenvalue weighted by atomic mass is 10.0. The van der Waals surface area contributed by atoms with Gasteiger partial charge in [-0.15, -0.1) is 0 Å². The van der Waals surface area contributed by atoms with E-state index in [1.54, 1.807) is 6.07 Å². The Labute approximate surface area is 107 Å². The van der Waals surface area contributed by atoms with Crippen LogP contribution >= 0.6 is 11.8 Å². The first-order valence-corrected chi connectivity index (χ1v) is 7.43. The Morgan fingerprint density at radius 3 is 2.65 bits per heavy atom. The van der Waals surface area contributed by atoms with E-state index in [1.807, 2.05) is 23.9 Å². The Morgan fingerprint density at radius 1 is 1.24 bits per heavy atom. The summed E-state index contributed by atoms with van der Waals surface area (Å²) >= 11 is 1.91. The van der Waals surface area contributed by atoms with Crippen molar-refractivity contribution in [2.75, 3.05) is 0 Å². The molecule has 17 heavy (non-hydrogen) atoms. The fourth-order valence-electron chi connectivity index (χ4n) is 2.27. The maximum atomic E-state index is 13.7. The molecule has 0 saturated heterocycles. The molecule has 1 aliphatic carbocycles. The Bertz CT molecular complexity index is 361. The molecule has 2 rings (SSSR count). The molecule has 0 unspecified atom stereocenters. The van der Waals surface area contributed by atoms with Crippen LogP contribution in [0.1, 0.15) is 43.2 Å². The average molecular weight is 253 g/mol. The standard InChI is InChI=1S/C14H20FNS/c15-14-8-11(9-16)6-7-12(14)10-17-13-4-2-1-3-5-13/h6-8,13H,1-5,9-10,16H2. The predicted molar refractivity (Wildman–Crippen MR) is 72.5 cm³/mol. The van der Waals surface area contributed by atoms with Crippen LogP contribution in [0.3, 0.4) is 0 Å². The van der Waals surface area contributed by atoms with Crippen molar-refractivity contribution in [1.29, 1.82) is 0 Å². The maximum absolute atomic E-state index is 13.7. The Morgan fingerprint density at radius 2 is 2.00 bits per heavy atom. The first-order chi connectivity index (χ1) is 8.29. The monoisotopic (exact) mass is 253 g/mol. The summed E-state index contributed by atoms with van der Waals surface area (Å²) in [5.41, 5.74) is 7.17. The van der Waals surface area contributed by atoms with Gasteiger partial charge in [0.2, 0.25) is 0 Å². The van der Waals surface area contributed by atoms with E-state index in [1.165, 1.54) is 32.1 Å². The number of hydrogen-bond donors (Lipinski definition) is 1. The van der Waals surface area contributed by atoms with Gasteiger partial charge in [0.1, 0.15) is 5.82 Å². The van der Waals surface area contributed by atoms with Crippen LogP contribution in [0.25, 0.3) is 0 Å². The topological polar surface area (TPSA) is 26.0 Å². The highest BCUT2D eigenvalue weighted by molar-refractivity contribution is 7.99. The van der Waals surface area contributed by atoms with Gasteiger partial charge in [0.15, 0.2) is 0 Å². The van der Waals surface area contributed by atoms with Crippen LogP contribution in [0, 0.1) is 5.82 Å². The van der Waals surface area contributed by atoms with Crippen LogP contribution in [0.15, 0.2) is 18.2 Å². The van der Waals surface area contributed by atoms with Crippen molar-refractivity contribution in [2.24, 2.45) is 5.73 Å². The van der Waals surface area contributed by atoms with E-state index in [0.29, 0.717) is 6.54 Å². The third-order valence-corrected chi connectivity index (χ3v) is 4.80. The molecule has 1 saturated carbocycles. The lowest BCUT2D eigenvalue weighted by Gasteiger charge is -2.21. The Balaban J connectivity index is 1.89. The van der Waals surface area contributed by atoms with Gasteiger partial charge >= 0.3 is 0 Å². The highest BCUT2D eigenvalue weighted by Crippen LogP contribution is 2.31. The molecule has 3 heteroatoms. The predicted octanol–water partition coefficient (Wildman–Crippen LogP) is 3.85. The fourth-order valence-corrected chi connectivity index (χ4v) is 3.59. The first kappa shape index (κ1) is 12.9. The molecule has 0 amide bonds. The summed E-state index contributed by atoms with van der Waals surface area (Å²) < 4.78 is 13.7. The van der Waals surface area contributed by atoms with Gasteiger partial charge in [-0.05, 0) is 30.0 Å². The summed E-state index contributed by atoms with van der Waals surface area (Å²) in [7, 11) is 0. The summed E-state index contributed by atoms with van der Waals surface area (Å²) in [6.45, 7) is 0.410. The fraction of sp³-hybridized carbons (Fsp3) is 0.571. The molecule has 1 aromatic carbocycles. The van der Waals surface area contributed by atoms with Crippen molar-refractivity contribution in [3.05, 3.63) is 35.1 Å². The van der Waals surface area contributed by atoms with Gasteiger partial charge < -0.3 is 5.73 Å². The first-order valence-electron chi connectivity index (χ1n) is 6.38. The van der Waals surface area contributed by atoms with E-state index in [9.17, 15) is 4.39 Å². The molecular weight excluding hydrogens is 233 g/mol. The number of rotatable bonds is 4. The third-order valence-electron chi connectivity index (χ3n) is 3.38. The smallest absolute Gasteiger partial charge is 0.127 e. The van der Waals surface area contributed by atoms with Crippen molar-refractivity contribution in [1.82, 2.24) is 0 Å². The van der Waals surface area contributed by atoms with Crippen LogP contribution in [0.4, 0.5) is 4.39 Å². The quantitative estimate of drug-likeness (QED) is 0.882. The van der Waals surface area contributed by atoms with E-state index in [2.05, 4.69) is 0 Å². The number of benzene rings is 1. The second-order valence-corrected chi connectivity index (χ2v) is 5.99. The average Bonchev–Trinajstić information content (AvgIpc) is 2.38.